The standard InChI is InChI=1S/C7H10OS/c1-5-4-8-9-7(3)6(5)2/h4H,1-3H3. The molecule has 0 radical (unpaired) electrons. The van der Waals surface area contributed by atoms with E-state index in [-0.39, 0.29) is 0 Å². The highest BCUT2D eigenvalue weighted by Crippen LogP contribution is 2.29. The zero-order chi connectivity index (χ0) is 6.85. The number of hydrogen-bond acceptors (Lipinski definition) is 2. The van der Waals surface area contributed by atoms with E-state index >= 15 is 0 Å². The first-order valence-corrected chi connectivity index (χ1v) is 3.64. The van der Waals surface area contributed by atoms with E-state index in [9.17, 15) is 0 Å². The minimum Gasteiger partial charge on any atom is -0.428 e. The predicted octanol–water partition coefficient (Wildman–Crippen LogP) is 2.86. The van der Waals surface area contributed by atoms with Crippen LogP contribution in [0.5, 0.6) is 0 Å². The second-order valence-corrected chi connectivity index (χ2v) is 3.13. The van der Waals surface area contributed by atoms with E-state index < -0.39 is 0 Å². The van der Waals surface area contributed by atoms with E-state index in [1.54, 1.807) is 6.26 Å². The molecule has 2 heteroatoms. The average molecular weight is 142 g/mol. The lowest BCUT2D eigenvalue weighted by atomic mass is 10.1. The van der Waals surface area contributed by atoms with Gasteiger partial charge in [-0.1, -0.05) is 0 Å². The highest BCUT2D eigenvalue weighted by atomic mass is 32.2. The molecule has 0 aromatic rings. The molecule has 9 heavy (non-hydrogen) atoms. The molecule has 0 amide bonds. The molecule has 0 N–H and O–H groups in total. The van der Waals surface area contributed by atoms with Gasteiger partial charge in [0.25, 0.3) is 0 Å². The molecule has 1 aliphatic heterocycles. The molecule has 0 aliphatic carbocycles. The van der Waals surface area contributed by atoms with Crippen molar-refractivity contribution in [3.63, 3.8) is 0 Å². The van der Waals surface area contributed by atoms with Crippen LogP contribution in [0, 0.1) is 0 Å². The summed E-state index contributed by atoms with van der Waals surface area (Å²) in [4.78, 5) is 1.26. The van der Waals surface area contributed by atoms with Crippen molar-refractivity contribution in [2.45, 2.75) is 20.8 Å². The molecule has 0 saturated carbocycles. The van der Waals surface area contributed by atoms with Crippen molar-refractivity contribution >= 4 is 12.0 Å². The SMILES string of the molecule is CC1=COSC(C)=C1C. The largest absolute Gasteiger partial charge is 0.428 e. The summed E-state index contributed by atoms with van der Waals surface area (Å²) >= 11 is 1.43. The first-order chi connectivity index (χ1) is 4.22. The normalized spacial score (nSPS) is 19.2. The van der Waals surface area contributed by atoms with Crippen LogP contribution in [-0.4, -0.2) is 0 Å². The third-order valence-electron chi connectivity index (χ3n) is 1.52. The van der Waals surface area contributed by atoms with Crippen LogP contribution in [0.15, 0.2) is 22.3 Å². The van der Waals surface area contributed by atoms with Crippen LogP contribution in [0.3, 0.4) is 0 Å². The van der Waals surface area contributed by atoms with Crippen molar-refractivity contribution in [2.75, 3.05) is 0 Å². The maximum absolute atomic E-state index is 5.06. The molecule has 0 unspecified atom stereocenters. The third-order valence-corrected chi connectivity index (χ3v) is 2.27. The van der Waals surface area contributed by atoms with Crippen molar-refractivity contribution in [1.29, 1.82) is 0 Å². The van der Waals surface area contributed by atoms with Crippen LogP contribution in [-0.2, 0) is 4.18 Å². The van der Waals surface area contributed by atoms with E-state index in [0.29, 0.717) is 0 Å². The van der Waals surface area contributed by atoms with Gasteiger partial charge in [-0.25, -0.2) is 0 Å². The predicted molar refractivity (Wildman–Crippen MR) is 40.8 cm³/mol. The Bertz CT molecular complexity index is 179. The Morgan fingerprint density at radius 2 is 2.00 bits per heavy atom. The molecule has 0 fully saturated rings. The Hall–Kier alpha value is -0.370. The summed E-state index contributed by atoms with van der Waals surface area (Å²) in [6.07, 6.45) is 1.78. The van der Waals surface area contributed by atoms with Crippen molar-refractivity contribution in [2.24, 2.45) is 0 Å². The Balaban J connectivity index is 2.88. The van der Waals surface area contributed by atoms with E-state index in [1.165, 1.54) is 28.1 Å². The molecule has 1 aliphatic rings. The Labute approximate surface area is 60.0 Å². The van der Waals surface area contributed by atoms with Gasteiger partial charge in [0, 0.05) is 4.91 Å². The minimum absolute atomic E-state index is 1.23. The van der Waals surface area contributed by atoms with Gasteiger partial charge in [-0.05, 0) is 31.9 Å². The second-order valence-electron chi connectivity index (χ2n) is 2.16. The van der Waals surface area contributed by atoms with Crippen LogP contribution >= 0.6 is 12.0 Å². The summed E-state index contributed by atoms with van der Waals surface area (Å²) < 4.78 is 5.06. The van der Waals surface area contributed by atoms with Gasteiger partial charge in [-0.2, -0.15) is 0 Å². The van der Waals surface area contributed by atoms with E-state index in [2.05, 4.69) is 20.8 Å². The Morgan fingerprint density at radius 3 is 2.44 bits per heavy atom. The van der Waals surface area contributed by atoms with Gasteiger partial charge >= 0.3 is 0 Å². The monoisotopic (exact) mass is 142 g/mol. The number of allylic oxidation sites excluding steroid dienone is 3. The van der Waals surface area contributed by atoms with E-state index in [4.69, 9.17) is 4.18 Å². The smallest absolute Gasteiger partial charge is 0.105 e. The topological polar surface area (TPSA) is 9.23 Å². The fourth-order valence-electron chi connectivity index (χ4n) is 0.597. The lowest BCUT2D eigenvalue weighted by molar-refractivity contribution is 0.558. The lowest BCUT2D eigenvalue weighted by Crippen LogP contribution is -1.89. The van der Waals surface area contributed by atoms with Crippen molar-refractivity contribution < 1.29 is 4.18 Å². The molecule has 0 saturated heterocycles. The maximum atomic E-state index is 5.06. The van der Waals surface area contributed by atoms with Gasteiger partial charge in [-0.3, -0.25) is 0 Å². The second kappa shape index (κ2) is 2.48. The zero-order valence-corrected chi connectivity index (χ0v) is 6.71. The van der Waals surface area contributed by atoms with Gasteiger partial charge < -0.3 is 4.18 Å². The maximum Gasteiger partial charge on any atom is 0.105 e. The quantitative estimate of drug-likeness (QED) is 0.481. The molecule has 0 atom stereocenters. The van der Waals surface area contributed by atoms with Crippen LogP contribution < -0.4 is 0 Å². The molecule has 0 bridgehead atoms. The first-order valence-electron chi connectivity index (χ1n) is 2.90. The van der Waals surface area contributed by atoms with Gasteiger partial charge in [0.15, 0.2) is 0 Å². The van der Waals surface area contributed by atoms with Crippen molar-refractivity contribution in [3.8, 4) is 0 Å². The third kappa shape index (κ3) is 1.30. The molecular formula is C7H10OS. The Kier molecular flexibility index (Phi) is 1.86. The molecule has 0 spiro atoms. The summed E-state index contributed by atoms with van der Waals surface area (Å²) in [5.41, 5.74) is 2.57. The van der Waals surface area contributed by atoms with Crippen molar-refractivity contribution in [3.05, 3.63) is 22.3 Å². The Morgan fingerprint density at radius 1 is 1.33 bits per heavy atom. The number of rotatable bonds is 0. The molecule has 0 aromatic heterocycles. The van der Waals surface area contributed by atoms with Gasteiger partial charge in [-0.15, -0.1) is 0 Å². The number of hydrogen-bond donors (Lipinski definition) is 0. The fourth-order valence-corrected chi connectivity index (χ4v) is 1.22. The molecule has 50 valence electrons. The van der Waals surface area contributed by atoms with Crippen LogP contribution in [0.2, 0.25) is 0 Å². The summed E-state index contributed by atoms with van der Waals surface area (Å²) in [6.45, 7) is 6.23. The molecule has 1 nitrogen and oxygen atoms in total. The summed E-state index contributed by atoms with van der Waals surface area (Å²) in [6, 6.07) is 0. The van der Waals surface area contributed by atoms with E-state index in [0.717, 1.165) is 0 Å². The summed E-state index contributed by atoms with van der Waals surface area (Å²) in [5.74, 6) is 0. The highest BCUT2D eigenvalue weighted by molar-refractivity contribution is 7.98. The molecule has 0 aromatic carbocycles. The first kappa shape index (κ1) is 6.75. The minimum atomic E-state index is 1.23. The molecule has 1 heterocycles. The fraction of sp³-hybridized carbons (Fsp3) is 0.429. The zero-order valence-electron chi connectivity index (χ0n) is 5.89. The summed E-state index contributed by atoms with van der Waals surface area (Å²) in [5, 5.41) is 0. The summed E-state index contributed by atoms with van der Waals surface area (Å²) in [7, 11) is 0. The highest BCUT2D eigenvalue weighted by Gasteiger charge is 2.05. The van der Waals surface area contributed by atoms with Crippen LogP contribution in [0.25, 0.3) is 0 Å². The van der Waals surface area contributed by atoms with Gasteiger partial charge in [0.05, 0.1) is 12.0 Å². The van der Waals surface area contributed by atoms with E-state index in [1.807, 2.05) is 0 Å². The van der Waals surface area contributed by atoms with Crippen LogP contribution in [0.1, 0.15) is 20.8 Å². The molecule has 1 rings (SSSR count). The average Bonchev–Trinajstić information content (AvgIpc) is 1.83. The van der Waals surface area contributed by atoms with Gasteiger partial charge in [0.1, 0.15) is 6.26 Å². The lowest BCUT2D eigenvalue weighted by Gasteiger charge is -2.11. The van der Waals surface area contributed by atoms with Gasteiger partial charge in [0.2, 0.25) is 0 Å². The van der Waals surface area contributed by atoms with Crippen molar-refractivity contribution in [1.82, 2.24) is 0 Å². The molecular weight excluding hydrogens is 132 g/mol. The van der Waals surface area contributed by atoms with Crippen LogP contribution in [0.4, 0.5) is 0 Å².